The molecule has 0 saturated heterocycles. The highest BCUT2D eigenvalue weighted by Gasteiger charge is 2.46. The van der Waals surface area contributed by atoms with E-state index in [4.69, 9.17) is 0 Å². The summed E-state index contributed by atoms with van der Waals surface area (Å²) in [7, 11) is -9.49. The minimum Gasteiger partial charge on any atom is -0.493 e. The van der Waals surface area contributed by atoms with Gasteiger partial charge in [0, 0.05) is 6.20 Å². The van der Waals surface area contributed by atoms with Gasteiger partial charge in [-0.1, -0.05) is 18.2 Å². The van der Waals surface area contributed by atoms with Gasteiger partial charge in [-0.3, -0.25) is 9.29 Å². The lowest BCUT2D eigenvalue weighted by molar-refractivity contribution is -0.0436. The number of sulfone groups is 1. The average Bonchev–Trinajstić information content (AvgIpc) is 3.11. The fourth-order valence-electron chi connectivity index (χ4n) is 3.36. The summed E-state index contributed by atoms with van der Waals surface area (Å²) in [6, 6.07) is 13.7. The summed E-state index contributed by atoms with van der Waals surface area (Å²) < 4.78 is 90.6. The minimum atomic E-state index is -5.58. The molecule has 0 spiro atoms. The van der Waals surface area contributed by atoms with Gasteiger partial charge in [-0.05, 0) is 54.1 Å². The van der Waals surface area contributed by atoms with E-state index < -0.39 is 41.8 Å². The molecule has 0 aliphatic rings. The molecule has 0 atom stereocenters. The van der Waals surface area contributed by atoms with Crippen LogP contribution in [0.25, 0.3) is 5.69 Å². The highest BCUT2D eigenvalue weighted by molar-refractivity contribution is 7.92. The third-order valence-corrected chi connectivity index (χ3v) is 7.99. The van der Waals surface area contributed by atoms with Crippen molar-refractivity contribution in [3.05, 3.63) is 95.2 Å². The predicted octanol–water partition coefficient (Wildman–Crippen LogP) is 2.88. The summed E-state index contributed by atoms with van der Waals surface area (Å²) in [5, 5.41) is 10.3. The first-order valence-electron chi connectivity index (χ1n) is 10.3. The molecule has 0 amide bonds. The zero-order valence-corrected chi connectivity index (χ0v) is 20.1. The van der Waals surface area contributed by atoms with E-state index in [-0.39, 0.29) is 22.9 Å². The second-order valence-electron chi connectivity index (χ2n) is 7.64. The Balaban J connectivity index is 1.59. The first-order valence-corrected chi connectivity index (χ1v) is 13.2. The average molecular weight is 555 g/mol. The zero-order valence-electron chi connectivity index (χ0n) is 18.5. The molecule has 0 aliphatic carbocycles. The zero-order chi connectivity index (χ0) is 27.0. The Morgan fingerprint density at radius 2 is 1.57 bits per heavy atom. The standard InChI is InChI=1S/C22H17F3N4O6S2/c23-22(24,25)36(32,33)17-8-6-16(7-9-17)29-20(30)14-28(21(29)31)13-15-10-11-26-19(12-15)27-37(34,35)18-4-2-1-3-5-18/h1-12,14,30H,13H2,(H,26,27). The van der Waals surface area contributed by atoms with Gasteiger partial charge in [0.25, 0.3) is 19.9 Å². The first-order chi connectivity index (χ1) is 17.3. The van der Waals surface area contributed by atoms with E-state index in [0.717, 1.165) is 27.5 Å². The van der Waals surface area contributed by atoms with Gasteiger partial charge in [0.2, 0.25) is 5.88 Å². The summed E-state index contributed by atoms with van der Waals surface area (Å²) in [4.78, 5) is 15.9. The highest BCUT2D eigenvalue weighted by Crippen LogP contribution is 2.30. The fourth-order valence-corrected chi connectivity index (χ4v) is 5.15. The number of nitrogens with one attached hydrogen (secondary N) is 1. The van der Waals surface area contributed by atoms with Crippen molar-refractivity contribution in [3.8, 4) is 11.6 Å². The highest BCUT2D eigenvalue weighted by atomic mass is 32.2. The third kappa shape index (κ3) is 5.22. The van der Waals surface area contributed by atoms with E-state index in [1.807, 2.05) is 0 Å². The molecule has 0 saturated carbocycles. The third-order valence-electron chi connectivity index (χ3n) is 5.12. The molecule has 0 aliphatic heterocycles. The monoisotopic (exact) mass is 554 g/mol. The molecular formula is C22H17F3N4O6S2. The van der Waals surface area contributed by atoms with Crippen LogP contribution in [-0.4, -0.2) is 41.6 Å². The molecule has 194 valence electrons. The van der Waals surface area contributed by atoms with Gasteiger partial charge >= 0.3 is 11.2 Å². The van der Waals surface area contributed by atoms with Crippen LogP contribution in [0.15, 0.2) is 93.7 Å². The lowest BCUT2D eigenvalue weighted by atomic mass is 10.2. The van der Waals surface area contributed by atoms with E-state index in [1.165, 1.54) is 30.5 Å². The van der Waals surface area contributed by atoms with Gasteiger partial charge in [-0.15, -0.1) is 0 Å². The normalized spacial score (nSPS) is 12.4. The molecule has 4 aromatic rings. The lowest BCUT2D eigenvalue weighted by Gasteiger charge is -2.09. The quantitative estimate of drug-likeness (QED) is 0.358. The number of benzene rings is 2. The van der Waals surface area contributed by atoms with Crippen LogP contribution in [0, 0.1) is 0 Å². The molecule has 2 heterocycles. The van der Waals surface area contributed by atoms with Gasteiger partial charge < -0.3 is 5.11 Å². The number of anilines is 1. The molecule has 15 heteroatoms. The number of pyridine rings is 1. The summed E-state index contributed by atoms with van der Waals surface area (Å²) in [6.07, 6.45) is 2.39. The number of rotatable bonds is 7. The summed E-state index contributed by atoms with van der Waals surface area (Å²) >= 11 is 0. The first kappa shape index (κ1) is 26.0. The Morgan fingerprint density at radius 3 is 2.19 bits per heavy atom. The van der Waals surface area contributed by atoms with Crippen molar-refractivity contribution in [1.29, 1.82) is 0 Å². The Labute approximate surface area is 208 Å². The van der Waals surface area contributed by atoms with E-state index in [0.29, 0.717) is 17.7 Å². The number of sulfonamides is 1. The Bertz CT molecular complexity index is 1710. The summed E-state index contributed by atoms with van der Waals surface area (Å²) in [5.74, 6) is -0.574. The molecule has 0 radical (unpaired) electrons. The number of alkyl halides is 3. The maximum Gasteiger partial charge on any atom is 0.501 e. The lowest BCUT2D eigenvalue weighted by Crippen LogP contribution is -2.24. The predicted molar refractivity (Wildman–Crippen MR) is 126 cm³/mol. The van der Waals surface area contributed by atoms with Crippen molar-refractivity contribution >= 4 is 25.7 Å². The Hall–Kier alpha value is -4.11. The van der Waals surface area contributed by atoms with E-state index in [9.17, 15) is 39.9 Å². The molecule has 2 aromatic heterocycles. The largest absolute Gasteiger partial charge is 0.501 e. The van der Waals surface area contributed by atoms with Crippen molar-refractivity contribution in [2.75, 3.05) is 4.72 Å². The van der Waals surface area contributed by atoms with Gasteiger partial charge in [-0.2, -0.15) is 13.2 Å². The van der Waals surface area contributed by atoms with E-state index in [2.05, 4.69) is 9.71 Å². The van der Waals surface area contributed by atoms with Crippen LogP contribution in [0.4, 0.5) is 19.0 Å². The fraction of sp³-hybridized carbons (Fsp3) is 0.0909. The topological polar surface area (TPSA) is 140 Å². The van der Waals surface area contributed by atoms with Gasteiger partial charge in [-0.25, -0.2) is 31.2 Å². The van der Waals surface area contributed by atoms with Crippen molar-refractivity contribution < 1.29 is 35.1 Å². The number of hydrogen-bond donors (Lipinski definition) is 2. The number of halogens is 3. The molecule has 0 unspecified atom stereocenters. The maximum absolute atomic E-state index is 12.9. The molecule has 4 rings (SSSR count). The van der Waals surface area contributed by atoms with Crippen LogP contribution in [0.2, 0.25) is 0 Å². The molecule has 2 aromatic carbocycles. The van der Waals surface area contributed by atoms with Crippen LogP contribution in [0.5, 0.6) is 5.88 Å². The SMILES string of the molecule is O=c1n(Cc2ccnc(NS(=O)(=O)c3ccccc3)c2)cc(O)n1-c1ccc(S(=O)(=O)C(F)(F)F)cc1. The van der Waals surface area contributed by atoms with Crippen molar-refractivity contribution in [3.63, 3.8) is 0 Å². The number of nitrogens with zero attached hydrogens (tertiary/aromatic N) is 3. The van der Waals surface area contributed by atoms with Crippen molar-refractivity contribution in [1.82, 2.24) is 14.1 Å². The minimum absolute atomic E-state index is 0.0143. The van der Waals surface area contributed by atoms with Gasteiger partial charge in [0.1, 0.15) is 5.82 Å². The second-order valence-corrected chi connectivity index (χ2v) is 11.3. The number of imidazole rings is 1. The maximum atomic E-state index is 12.9. The van der Waals surface area contributed by atoms with Gasteiger partial charge in [0.15, 0.2) is 0 Å². The number of aromatic nitrogens is 3. The number of aromatic hydroxyl groups is 1. The van der Waals surface area contributed by atoms with E-state index in [1.54, 1.807) is 18.2 Å². The molecule has 0 bridgehead atoms. The van der Waals surface area contributed by atoms with Crippen molar-refractivity contribution in [2.24, 2.45) is 0 Å². The summed E-state index contributed by atoms with van der Waals surface area (Å²) in [6.45, 7) is -0.123. The van der Waals surface area contributed by atoms with Crippen LogP contribution >= 0.6 is 0 Å². The smallest absolute Gasteiger partial charge is 0.493 e. The summed E-state index contributed by atoms with van der Waals surface area (Å²) in [5.41, 5.74) is -5.91. The van der Waals surface area contributed by atoms with Gasteiger partial charge in [0.05, 0.1) is 28.2 Å². The second kappa shape index (κ2) is 9.40. The molecule has 0 fully saturated rings. The molecule has 2 N–H and O–H groups in total. The van der Waals surface area contributed by atoms with Crippen molar-refractivity contribution in [2.45, 2.75) is 21.8 Å². The molecule has 10 nitrogen and oxygen atoms in total. The molecule has 37 heavy (non-hydrogen) atoms. The van der Waals surface area contributed by atoms with Crippen LogP contribution in [0.3, 0.4) is 0 Å². The van der Waals surface area contributed by atoms with Crippen LogP contribution in [-0.2, 0) is 26.4 Å². The Kier molecular flexibility index (Phi) is 6.60. The van der Waals surface area contributed by atoms with Crippen LogP contribution in [0.1, 0.15) is 5.56 Å². The van der Waals surface area contributed by atoms with E-state index >= 15 is 0 Å². The number of hydrogen-bond acceptors (Lipinski definition) is 7. The Morgan fingerprint density at radius 1 is 0.919 bits per heavy atom. The molecular weight excluding hydrogens is 537 g/mol. The van der Waals surface area contributed by atoms with Crippen LogP contribution < -0.4 is 10.4 Å².